The summed E-state index contributed by atoms with van der Waals surface area (Å²) in [6, 6.07) is 0. The minimum atomic E-state index is 0. The van der Waals surface area contributed by atoms with Gasteiger partial charge in [-0.2, -0.15) is 0 Å². The van der Waals surface area contributed by atoms with Crippen LogP contribution in [0, 0.1) is 11.8 Å². The predicted octanol–water partition coefficient (Wildman–Crippen LogP) is 0.657. The van der Waals surface area contributed by atoms with Gasteiger partial charge in [0.15, 0.2) is 0 Å². The maximum atomic E-state index is 12.5. The number of carbonyl (C=O) groups excluding carboxylic acids is 1. The van der Waals surface area contributed by atoms with Gasteiger partial charge in [-0.3, -0.25) is 4.79 Å². The molecule has 0 bridgehead atoms. The molecule has 1 heterocycles. The summed E-state index contributed by atoms with van der Waals surface area (Å²) in [5.41, 5.74) is 5.75. The van der Waals surface area contributed by atoms with Crippen molar-refractivity contribution in [2.24, 2.45) is 17.6 Å². The maximum Gasteiger partial charge on any atom is 0.226 e. The van der Waals surface area contributed by atoms with E-state index in [1.165, 1.54) is 0 Å². The molecule has 0 radical (unpaired) electrons. The van der Waals surface area contributed by atoms with Crippen molar-refractivity contribution in [1.82, 2.24) is 4.90 Å². The lowest BCUT2D eigenvalue weighted by Gasteiger charge is -2.35. The van der Waals surface area contributed by atoms with Gasteiger partial charge in [-0.15, -0.1) is 12.4 Å². The van der Waals surface area contributed by atoms with E-state index in [1.54, 1.807) is 7.11 Å². The van der Waals surface area contributed by atoms with E-state index in [1.807, 2.05) is 4.90 Å². The van der Waals surface area contributed by atoms with Crippen molar-refractivity contribution in [2.45, 2.75) is 25.4 Å². The molecule has 2 aliphatic rings. The fourth-order valence-electron chi connectivity index (χ4n) is 3.08. The van der Waals surface area contributed by atoms with Crippen LogP contribution in [-0.4, -0.2) is 56.9 Å². The summed E-state index contributed by atoms with van der Waals surface area (Å²) >= 11 is 0. The smallest absolute Gasteiger partial charge is 0.226 e. The zero-order valence-corrected chi connectivity index (χ0v) is 12.4. The summed E-state index contributed by atoms with van der Waals surface area (Å²) in [7, 11) is 1.66. The lowest BCUT2D eigenvalue weighted by Crippen LogP contribution is -2.49. The second kappa shape index (κ2) is 8.04. The van der Waals surface area contributed by atoms with Gasteiger partial charge in [0, 0.05) is 26.1 Å². The first-order chi connectivity index (χ1) is 8.76. The SMILES string of the molecule is COCC1CN(C(=O)[C@@H]2CCC[C@@H]2CN)CCO1.Cl. The molecule has 6 heteroatoms. The number of halogens is 1. The van der Waals surface area contributed by atoms with Crippen LogP contribution in [0.1, 0.15) is 19.3 Å². The number of hydrogen-bond donors (Lipinski definition) is 1. The molecule has 2 rings (SSSR count). The second-order valence-electron chi connectivity index (χ2n) is 5.27. The molecule has 0 aromatic heterocycles. The number of nitrogens with zero attached hydrogens (tertiary/aromatic N) is 1. The van der Waals surface area contributed by atoms with Crippen LogP contribution in [0.2, 0.25) is 0 Å². The number of morpholine rings is 1. The molecule has 1 amide bonds. The van der Waals surface area contributed by atoms with Gasteiger partial charge in [0.25, 0.3) is 0 Å². The monoisotopic (exact) mass is 292 g/mol. The summed E-state index contributed by atoms with van der Waals surface area (Å²) in [4.78, 5) is 14.4. The molecule has 1 unspecified atom stereocenters. The van der Waals surface area contributed by atoms with Gasteiger partial charge in [0.05, 0.1) is 19.3 Å². The normalized spacial score (nSPS) is 31.1. The Kier molecular flexibility index (Phi) is 7.07. The van der Waals surface area contributed by atoms with E-state index in [-0.39, 0.29) is 30.3 Å². The summed E-state index contributed by atoms with van der Waals surface area (Å²) in [6.07, 6.45) is 3.24. The summed E-state index contributed by atoms with van der Waals surface area (Å²) in [6.45, 7) is 3.14. The van der Waals surface area contributed by atoms with Crippen molar-refractivity contribution < 1.29 is 14.3 Å². The van der Waals surface area contributed by atoms with E-state index < -0.39 is 0 Å². The Morgan fingerprint density at radius 3 is 2.95 bits per heavy atom. The zero-order chi connectivity index (χ0) is 13.0. The molecule has 0 aromatic rings. The molecule has 2 fully saturated rings. The van der Waals surface area contributed by atoms with Crippen LogP contribution >= 0.6 is 12.4 Å². The number of rotatable bonds is 4. The Labute approximate surface area is 121 Å². The predicted molar refractivity (Wildman–Crippen MR) is 75.3 cm³/mol. The van der Waals surface area contributed by atoms with Crippen molar-refractivity contribution in [3.8, 4) is 0 Å². The van der Waals surface area contributed by atoms with Crippen molar-refractivity contribution in [2.75, 3.05) is 40.0 Å². The Hall–Kier alpha value is -0.360. The van der Waals surface area contributed by atoms with Crippen LogP contribution in [0.25, 0.3) is 0 Å². The third kappa shape index (κ3) is 4.05. The van der Waals surface area contributed by atoms with Crippen LogP contribution in [0.15, 0.2) is 0 Å². The number of amides is 1. The number of nitrogens with two attached hydrogens (primary N) is 1. The third-order valence-corrected chi connectivity index (χ3v) is 4.08. The minimum Gasteiger partial charge on any atom is -0.382 e. The van der Waals surface area contributed by atoms with E-state index in [2.05, 4.69) is 0 Å². The number of hydrogen-bond acceptors (Lipinski definition) is 4. The first-order valence-electron chi connectivity index (χ1n) is 6.85. The Balaban J connectivity index is 0.00000180. The highest BCUT2D eigenvalue weighted by atomic mass is 35.5. The Morgan fingerprint density at radius 2 is 2.26 bits per heavy atom. The van der Waals surface area contributed by atoms with E-state index in [0.29, 0.717) is 38.8 Å². The van der Waals surface area contributed by atoms with Crippen LogP contribution < -0.4 is 5.73 Å². The largest absolute Gasteiger partial charge is 0.382 e. The molecular formula is C13H25ClN2O3. The third-order valence-electron chi connectivity index (χ3n) is 4.08. The summed E-state index contributed by atoms with van der Waals surface area (Å²) < 4.78 is 10.7. The number of ether oxygens (including phenoxy) is 2. The van der Waals surface area contributed by atoms with Gasteiger partial charge in [-0.05, 0) is 25.3 Å². The molecule has 1 aliphatic heterocycles. The highest BCUT2D eigenvalue weighted by Gasteiger charge is 2.36. The molecule has 112 valence electrons. The molecule has 19 heavy (non-hydrogen) atoms. The Bertz CT molecular complexity index is 289. The van der Waals surface area contributed by atoms with Crippen LogP contribution in [0.4, 0.5) is 0 Å². The molecule has 2 N–H and O–H groups in total. The maximum absolute atomic E-state index is 12.5. The molecule has 0 aromatic carbocycles. The van der Waals surface area contributed by atoms with Crippen molar-refractivity contribution in [3.05, 3.63) is 0 Å². The molecule has 1 saturated heterocycles. The van der Waals surface area contributed by atoms with E-state index in [0.717, 1.165) is 19.3 Å². The van der Waals surface area contributed by atoms with Gasteiger partial charge in [0.2, 0.25) is 5.91 Å². The van der Waals surface area contributed by atoms with Crippen molar-refractivity contribution >= 4 is 18.3 Å². The number of methoxy groups -OCH3 is 1. The first kappa shape index (κ1) is 16.7. The lowest BCUT2D eigenvalue weighted by atomic mass is 9.94. The molecule has 3 atom stereocenters. The van der Waals surface area contributed by atoms with Gasteiger partial charge < -0.3 is 20.1 Å². The standard InChI is InChI=1S/C13H24N2O3.ClH/c1-17-9-11-8-15(5-6-18-11)13(16)12-4-2-3-10(12)7-14;/h10-12H,2-9,14H2,1H3;1H/t10-,11?,12-;/m1./s1. The highest BCUT2D eigenvalue weighted by Crippen LogP contribution is 2.32. The Morgan fingerprint density at radius 1 is 1.47 bits per heavy atom. The fraction of sp³-hybridized carbons (Fsp3) is 0.923. The van der Waals surface area contributed by atoms with Gasteiger partial charge in [-0.1, -0.05) is 6.42 Å². The average molecular weight is 293 g/mol. The van der Waals surface area contributed by atoms with Crippen LogP contribution in [0.5, 0.6) is 0 Å². The highest BCUT2D eigenvalue weighted by molar-refractivity contribution is 5.85. The minimum absolute atomic E-state index is 0. The first-order valence-corrected chi connectivity index (χ1v) is 6.85. The fourth-order valence-corrected chi connectivity index (χ4v) is 3.08. The molecular weight excluding hydrogens is 268 g/mol. The quantitative estimate of drug-likeness (QED) is 0.827. The lowest BCUT2D eigenvalue weighted by molar-refractivity contribution is -0.146. The van der Waals surface area contributed by atoms with Crippen LogP contribution in [-0.2, 0) is 14.3 Å². The molecule has 1 aliphatic carbocycles. The molecule has 0 spiro atoms. The van der Waals surface area contributed by atoms with Gasteiger partial charge >= 0.3 is 0 Å². The molecule has 1 saturated carbocycles. The summed E-state index contributed by atoms with van der Waals surface area (Å²) in [5, 5.41) is 0. The van der Waals surface area contributed by atoms with E-state index >= 15 is 0 Å². The topological polar surface area (TPSA) is 64.8 Å². The van der Waals surface area contributed by atoms with Crippen molar-refractivity contribution in [3.63, 3.8) is 0 Å². The van der Waals surface area contributed by atoms with Gasteiger partial charge in [0.1, 0.15) is 0 Å². The van der Waals surface area contributed by atoms with E-state index in [4.69, 9.17) is 15.2 Å². The van der Waals surface area contributed by atoms with Gasteiger partial charge in [-0.25, -0.2) is 0 Å². The second-order valence-corrected chi connectivity index (χ2v) is 5.27. The molecule has 5 nitrogen and oxygen atoms in total. The van der Waals surface area contributed by atoms with Crippen LogP contribution in [0.3, 0.4) is 0 Å². The summed E-state index contributed by atoms with van der Waals surface area (Å²) in [5.74, 6) is 0.782. The van der Waals surface area contributed by atoms with Crippen molar-refractivity contribution in [1.29, 1.82) is 0 Å². The average Bonchev–Trinajstić information content (AvgIpc) is 2.87. The zero-order valence-electron chi connectivity index (χ0n) is 11.5. The van der Waals surface area contributed by atoms with E-state index in [9.17, 15) is 4.79 Å². The number of carbonyl (C=O) groups is 1.